The number of rotatable bonds is 4. The van der Waals surface area contributed by atoms with Crippen molar-refractivity contribution in [3.05, 3.63) is 18.2 Å². The summed E-state index contributed by atoms with van der Waals surface area (Å²) in [4.78, 5) is 15.1. The van der Waals surface area contributed by atoms with Crippen molar-refractivity contribution in [3.8, 4) is 0 Å². The number of carboxylic acid groups (broad SMARTS) is 1. The highest BCUT2D eigenvalue weighted by Crippen LogP contribution is 2.38. The van der Waals surface area contributed by atoms with E-state index in [1.807, 2.05) is 17.8 Å². The number of aliphatic carboxylic acids is 1. The zero-order chi connectivity index (χ0) is 10.1. The summed E-state index contributed by atoms with van der Waals surface area (Å²) in [5, 5.41) is 9.04. The second-order valence-corrected chi connectivity index (χ2v) is 3.94. The van der Waals surface area contributed by atoms with E-state index in [2.05, 4.69) is 4.98 Å². The lowest BCUT2D eigenvalue weighted by molar-refractivity contribution is -0.142. The Kier molecular flexibility index (Phi) is 2.27. The molecule has 1 saturated carbocycles. The molecule has 4 nitrogen and oxygen atoms in total. The molecule has 0 bridgehead atoms. The lowest BCUT2D eigenvalue weighted by atomic mass is 10.00. The molecular weight excluding hydrogens is 180 g/mol. The molecule has 1 aromatic rings. The molecule has 76 valence electrons. The van der Waals surface area contributed by atoms with Crippen LogP contribution < -0.4 is 0 Å². The van der Waals surface area contributed by atoms with E-state index in [1.54, 1.807) is 6.20 Å². The van der Waals surface area contributed by atoms with Crippen LogP contribution in [0.15, 0.2) is 12.4 Å². The van der Waals surface area contributed by atoms with Crippen LogP contribution in [0.1, 0.15) is 18.7 Å². The Morgan fingerprint density at radius 2 is 2.50 bits per heavy atom. The first-order chi connectivity index (χ1) is 6.68. The lowest BCUT2D eigenvalue weighted by Crippen LogP contribution is -2.20. The molecule has 1 unspecified atom stereocenters. The van der Waals surface area contributed by atoms with Gasteiger partial charge >= 0.3 is 5.97 Å². The van der Waals surface area contributed by atoms with Crippen LogP contribution in [0, 0.1) is 11.8 Å². The van der Waals surface area contributed by atoms with Gasteiger partial charge in [0, 0.05) is 25.9 Å². The fourth-order valence-electron chi connectivity index (χ4n) is 1.74. The van der Waals surface area contributed by atoms with Crippen LogP contribution in [0.2, 0.25) is 0 Å². The van der Waals surface area contributed by atoms with Crippen molar-refractivity contribution in [3.63, 3.8) is 0 Å². The lowest BCUT2D eigenvalue weighted by Gasteiger charge is -2.10. The minimum Gasteiger partial charge on any atom is -0.481 e. The van der Waals surface area contributed by atoms with Crippen molar-refractivity contribution in [2.24, 2.45) is 18.9 Å². The van der Waals surface area contributed by atoms with E-state index in [1.165, 1.54) is 0 Å². The van der Waals surface area contributed by atoms with Gasteiger partial charge in [0.2, 0.25) is 0 Å². The third-order valence-electron chi connectivity index (χ3n) is 2.83. The third kappa shape index (κ3) is 1.78. The molecule has 0 radical (unpaired) electrons. The molecule has 0 aromatic carbocycles. The number of imidazole rings is 1. The Hall–Kier alpha value is -1.32. The van der Waals surface area contributed by atoms with Gasteiger partial charge in [-0.2, -0.15) is 0 Å². The fourth-order valence-corrected chi connectivity index (χ4v) is 1.74. The largest absolute Gasteiger partial charge is 0.481 e. The van der Waals surface area contributed by atoms with Crippen LogP contribution in [0.25, 0.3) is 0 Å². The first kappa shape index (κ1) is 9.24. The van der Waals surface area contributed by atoms with Gasteiger partial charge in [-0.3, -0.25) is 4.79 Å². The van der Waals surface area contributed by atoms with E-state index in [-0.39, 0.29) is 5.92 Å². The Morgan fingerprint density at radius 3 is 2.93 bits per heavy atom. The zero-order valence-electron chi connectivity index (χ0n) is 8.18. The van der Waals surface area contributed by atoms with E-state index in [0.29, 0.717) is 12.3 Å². The topological polar surface area (TPSA) is 55.1 Å². The average Bonchev–Trinajstić information content (AvgIpc) is 2.87. The summed E-state index contributed by atoms with van der Waals surface area (Å²) >= 11 is 0. The van der Waals surface area contributed by atoms with Crippen molar-refractivity contribution in [1.82, 2.24) is 9.55 Å². The van der Waals surface area contributed by atoms with Gasteiger partial charge in [-0.1, -0.05) is 0 Å². The van der Waals surface area contributed by atoms with Gasteiger partial charge in [0.1, 0.15) is 5.82 Å². The SMILES string of the molecule is Cn1ccnc1CC(C(=O)O)C1CC1. The molecule has 1 aliphatic rings. The zero-order valence-corrected chi connectivity index (χ0v) is 8.18. The maximum absolute atomic E-state index is 11.0. The van der Waals surface area contributed by atoms with Crippen molar-refractivity contribution < 1.29 is 9.90 Å². The van der Waals surface area contributed by atoms with Gasteiger partial charge in [-0.05, 0) is 18.8 Å². The van der Waals surface area contributed by atoms with E-state index < -0.39 is 5.97 Å². The van der Waals surface area contributed by atoms with Gasteiger partial charge in [0.15, 0.2) is 0 Å². The molecule has 1 N–H and O–H groups in total. The molecule has 0 spiro atoms. The van der Waals surface area contributed by atoms with Crippen LogP contribution in [0.4, 0.5) is 0 Å². The van der Waals surface area contributed by atoms with Crippen molar-refractivity contribution >= 4 is 5.97 Å². The normalized spacial score (nSPS) is 18.1. The summed E-state index contributed by atoms with van der Waals surface area (Å²) in [6.07, 6.45) is 6.23. The fraction of sp³-hybridized carbons (Fsp3) is 0.600. The number of hydrogen-bond donors (Lipinski definition) is 1. The molecule has 1 fully saturated rings. The van der Waals surface area contributed by atoms with Gasteiger partial charge in [-0.15, -0.1) is 0 Å². The number of nitrogens with zero attached hydrogens (tertiary/aromatic N) is 2. The molecule has 1 aliphatic carbocycles. The Morgan fingerprint density at radius 1 is 1.79 bits per heavy atom. The molecule has 0 aliphatic heterocycles. The highest BCUT2D eigenvalue weighted by molar-refractivity contribution is 5.71. The minimum atomic E-state index is -0.685. The van der Waals surface area contributed by atoms with Crippen LogP contribution in [-0.2, 0) is 18.3 Å². The summed E-state index contributed by atoms with van der Waals surface area (Å²) < 4.78 is 1.89. The second-order valence-electron chi connectivity index (χ2n) is 3.94. The summed E-state index contributed by atoms with van der Waals surface area (Å²) in [5.41, 5.74) is 0. The highest BCUT2D eigenvalue weighted by atomic mass is 16.4. The van der Waals surface area contributed by atoms with Crippen LogP contribution in [0.5, 0.6) is 0 Å². The van der Waals surface area contributed by atoms with Crippen LogP contribution in [0.3, 0.4) is 0 Å². The minimum absolute atomic E-state index is 0.240. The molecule has 0 amide bonds. The smallest absolute Gasteiger partial charge is 0.307 e. The van der Waals surface area contributed by atoms with Crippen LogP contribution in [-0.4, -0.2) is 20.6 Å². The third-order valence-corrected chi connectivity index (χ3v) is 2.83. The summed E-state index contributed by atoms with van der Waals surface area (Å²) in [6, 6.07) is 0. The monoisotopic (exact) mass is 194 g/mol. The standard InChI is InChI=1S/C10H14N2O2/c1-12-5-4-11-9(12)6-8(10(13)14)7-2-3-7/h4-5,7-8H,2-3,6H2,1H3,(H,13,14). The predicted octanol–water partition coefficient (Wildman–Crippen LogP) is 1.07. The number of carbonyl (C=O) groups is 1. The van der Waals surface area contributed by atoms with Crippen molar-refractivity contribution in [2.75, 3.05) is 0 Å². The van der Waals surface area contributed by atoms with Gasteiger partial charge < -0.3 is 9.67 Å². The maximum atomic E-state index is 11.0. The van der Waals surface area contributed by atoms with Gasteiger partial charge in [0.25, 0.3) is 0 Å². The quantitative estimate of drug-likeness (QED) is 0.780. The number of hydrogen-bond acceptors (Lipinski definition) is 2. The van der Waals surface area contributed by atoms with E-state index in [0.717, 1.165) is 18.7 Å². The molecule has 1 heterocycles. The van der Waals surface area contributed by atoms with Crippen LogP contribution >= 0.6 is 0 Å². The van der Waals surface area contributed by atoms with E-state index in [4.69, 9.17) is 5.11 Å². The molecule has 1 atom stereocenters. The van der Waals surface area contributed by atoms with Gasteiger partial charge in [0.05, 0.1) is 5.92 Å². The highest BCUT2D eigenvalue weighted by Gasteiger charge is 2.36. The molecule has 1 aromatic heterocycles. The second kappa shape index (κ2) is 3.44. The Balaban J connectivity index is 2.07. The predicted molar refractivity (Wildman–Crippen MR) is 50.8 cm³/mol. The van der Waals surface area contributed by atoms with E-state index in [9.17, 15) is 4.79 Å². The van der Waals surface area contributed by atoms with Gasteiger partial charge in [-0.25, -0.2) is 4.98 Å². The average molecular weight is 194 g/mol. The first-order valence-electron chi connectivity index (χ1n) is 4.87. The maximum Gasteiger partial charge on any atom is 0.307 e. The van der Waals surface area contributed by atoms with Crippen molar-refractivity contribution in [1.29, 1.82) is 0 Å². The molecule has 2 rings (SSSR count). The van der Waals surface area contributed by atoms with Crippen molar-refractivity contribution in [2.45, 2.75) is 19.3 Å². The first-order valence-corrected chi connectivity index (χ1v) is 4.87. The number of aromatic nitrogens is 2. The molecule has 0 saturated heterocycles. The number of carboxylic acids is 1. The summed E-state index contributed by atoms with van der Waals surface area (Å²) in [5.74, 6) is 0.320. The number of aryl methyl sites for hydroxylation is 1. The molecular formula is C10H14N2O2. The van der Waals surface area contributed by atoms with E-state index >= 15 is 0 Å². The Labute approximate surface area is 82.6 Å². The molecule has 14 heavy (non-hydrogen) atoms. The summed E-state index contributed by atoms with van der Waals surface area (Å²) in [6.45, 7) is 0. The summed E-state index contributed by atoms with van der Waals surface area (Å²) in [7, 11) is 1.90. The Bertz CT molecular complexity index is 342. The molecule has 4 heteroatoms.